The van der Waals surface area contributed by atoms with E-state index in [4.69, 9.17) is 10.5 Å². The van der Waals surface area contributed by atoms with E-state index in [9.17, 15) is 9.59 Å². The van der Waals surface area contributed by atoms with Gasteiger partial charge in [0.15, 0.2) is 5.78 Å². The first kappa shape index (κ1) is 18.7. The fourth-order valence-corrected chi connectivity index (χ4v) is 4.22. The molecule has 1 aliphatic carbocycles. The van der Waals surface area contributed by atoms with Gasteiger partial charge in [0.05, 0.1) is 40.9 Å². The molecule has 4 rings (SSSR count). The van der Waals surface area contributed by atoms with Crippen LogP contribution >= 0.6 is 0 Å². The minimum atomic E-state index is -0.483. The first-order valence-corrected chi connectivity index (χ1v) is 9.65. The standard InChI is InChI=1S/C21H26N4O3/c1-12-19-17(9-21(2,3)10-18(19)26)25(24-12)14-4-5-15(20(22)27)16(8-14)23-13-6-7-28-11-13/h4-5,8,13,23H,6-7,9-11H2,1-3H3,(H2,22,27). The molecule has 148 valence electrons. The Kier molecular flexibility index (Phi) is 4.50. The molecule has 1 aliphatic heterocycles. The molecule has 28 heavy (non-hydrogen) atoms. The minimum absolute atomic E-state index is 0.107. The fraction of sp³-hybridized carbons (Fsp3) is 0.476. The lowest BCUT2D eigenvalue weighted by molar-refractivity contribution is 0.0909. The van der Waals surface area contributed by atoms with Gasteiger partial charge >= 0.3 is 0 Å². The number of amides is 1. The number of fused-ring (bicyclic) bond motifs is 1. The second-order valence-corrected chi connectivity index (χ2v) is 8.56. The van der Waals surface area contributed by atoms with E-state index in [1.807, 2.05) is 23.7 Å². The van der Waals surface area contributed by atoms with Crippen LogP contribution in [0.1, 0.15) is 58.8 Å². The number of hydrogen-bond acceptors (Lipinski definition) is 5. The highest BCUT2D eigenvalue weighted by molar-refractivity contribution is 6.00. The van der Waals surface area contributed by atoms with E-state index in [0.29, 0.717) is 30.9 Å². The number of ether oxygens (including phenoxy) is 1. The molecule has 0 saturated carbocycles. The predicted octanol–water partition coefficient (Wildman–Crippen LogP) is 2.64. The fourth-order valence-electron chi connectivity index (χ4n) is 4.22. The number of anilines is 1. The number of hydrogen-bond donors (Lipinski definition) is 2. The maximum atomic E-state index is 12.7. The summed E-state index contributed by atoms with van der Waals surface area (Å²) in [5.41, 5.74) is 9.78. The zero-order valence-electron chi connectivity index (χ0n) is 16.5. The van der Waals surface area contributed by atoms with Crippen LogP contribution in [0, 0.1) is 12.3 Å². The summed E-state index contributed by atoms with van der Waals surface area (Å²) in [6.45, 7) is 7.37. The number of nitrogens with one attached hydrogen (secondary N) is 1. The quantitative estimate of drug-likeness (QED) is 0.847. The molecule has 1 aromatic carbocycles. The Bertz CT molecular complexity index is 955. The van der Waals surface area contributed by atoms with Gasteiger partial charge < -0.3 is 15.8 Å². The predicted molar refractivity (Wildman–Crippen MR) is 106 cm³/mol. The van der Waals surface area contributed by atoms with Gasteiger partial charge in [0.2, 0.25) is 0 Å². The average molecular weight is 382 g/mol. The maximum absolute atomic E-state index is 12.7. The molecular weight excluding hydrogens is 356 g/mol. The third kappa shape index (κ3) is 3.30. The summed E-state index contributed by atoms with van der Waals surface area (Å²) in [5.74, 6) is -0.340. The summed E-state index contributed by atoms with van der Waals surface area (Å²) in [5, 5.41) is 8.03. The van der Waals surface area contributed by atoms with Gasteiger partial charge in [-0.2, -0.15) is 5.10 Å². The van der Waals surface area contributed by atoms with Crippen LogP contribution < -0.4 is 11.1 Å². The van der Waals surface area contributed by atoms with Crippen LogP contribution in [0.5, 0.6) is 0 Å². The van der Waals surface area contributed by atoms with E-state index in [2.05, 4.69) is 24.3 Å². The molecule has 1 unspecified atom stereocenters. The van der Waals surface area contributed by atoms with Crippen molar-refractivity contribution in [2.75, 3.05) is 18.5 Å². The van der Waals surface area contributed by atoms with Crippen molar-refractivity contribution in [2.45, 2.75) is 46.1 Å². The minimum Gasteiger partial charge on any atom is -0.379 e. The molecule has 2 aromatic rings. The SMILES string of the molecule is Cc1nn(-c2ccc(C(N)=O)c(NC3CCOC3)c2)c2c1C(=O)CC(C)(C)C2. The molecule has 1 saturated heterocycles. The summed E-state index contributed by atoms with van der Waals surface area (Å²) >= 11 is 0. The van der Waals surface area contributed by atoms with Gasteiger partial charge in [0, 0.05) is 18.7 Å². The van der Waals surface area contributed by atoms with Gasteiger partial charge in [-0.3, -0.25) is 9.59 Å². The number of benzene rings is 1. The van der Waals surface area contributed by atoms with Gasteiger partial charge in [-0.15, -0.1) is 0 Å². The highest BCUT2D eigenvalue weighted by Gasteiger charge is 2.35. The van der Waals surface area contributed by atoms with Crippen LogP contribution in [0.2, 0.25) is 0 Å². The van der Waals surface area contributed by atoms with E-state index in [1.54, 1.807) is 6.07 Å². The number of ketones is 1. The maximum Gasteiger partial charge on any atom is 0.250 e. The topological polar surface area (TPSA) is 99.2 Å². The molecule has 7 heteroatoms. The van der Waals surface area contributed by atoms with Gasteiger partial charge in [0.25, 0.3) is 5.91 Å². The van der Waals surface area contributed by atoms with E-state index < -0.39 is 5.91 Å². The molecule has 1 fully saturated rings. The Hall–Kier alpha value is -2.67. The summed E-state index contributed by atoms with van der Waals surface area (Å²) in [4.78, 5) is 24.6. The van der Waals surface area contributed by atoms with Gasteiger partial charge in [-0.25, -0.2) is 4.68 Å². The summed E-state index contributed by atoms with van der Waals surface area (Å²) in [6.07, 6.45) is 2.18. The first-order valence-electron chi connectivity index (χ1n) is 9.65. The van der Waals surface area contributed by atoms with Crippen molar-refractivity contribution >= 4 is 17.4 Å². The molecular formula is C21H26N4O3. The highest BCUT2D eigenvalue weighted by atomic mass is 16.5. The Labute approximate surface area is 164 Å². The number of primary amides is 1. The molecule has 1 amide bonds. The molecule has 2 aliphatic rings. The second kappa shape index (κ2) is 6.74. The van der Waals surface area contributed by atoms with Gasteiger partial charge in [-0.05, 0) is 43.4 Å². The monoisotopic (exact) mass is 382 g/mol. The highest BCUT2D eigenvalue weighted by Crippen LogP contribution is 2.37. The lowest BCUT2D eigenvalue weighted by Gasteiger charge is -2.29. The largest absolute Gasteiger partial charge is 0.379 e. The Morgan fingerprint density at radius 3 is 2.82 bits per heavy atom. The Morgan fingerprint density at radius 2 is 2.14 bits per heavy atom. The summed E-state index contributed by atoms with van der Waals surface area (Å²) in [6, 6.07) is 5.57. The average Bonchev–Trinajstić information content (AvgIpc) is 3.21. The van der Waals surface area contributed by atoms with Crippen molar-refractivity contribution in [1.29, 1.82) is 0 Å². The van der Waals surface area contributed by atoms with Crippen molar-refractivity contribution in [3.8, 4) is 5.69 Å². The number of carbonyl (C=O) groups excluding carboxylic acids is 2. The van der Waals surface area contributed by atoms with Crippen LogP contribution in [-0.4, -0.2) is 40.7 Å². The number of nitrogens with zero attached hydrogens (tertiary/aromatic N) is 2. The van der Waals surface area contributed by atoms with E-state index in [0.717, 1.165) is 35.5 Å². The van der Waals surface area contributed by atoms with Crippen molar-refractivity contribution < 1.29 is 14.3 Å². The second-order valence-electron chi connectivity index (χ2n) is 8.56. The first-order chi connectivity index (χ1) is 13.2. The van der Waals surface area contributed by atoms with Crippen LogP contribution in [0.4, 0.5) is 5.69 Å². The van der Waals surface area contributed by atoms with Gasteiger partial charge in [0.1, 0.15) is 0 Å². The molecule has 1 atom stereocenters. The number of nitrogens with two attached hydrogens (primary N) is 1. The van der Waals surface area contributed by atoms with Crippen molar-refractivity contribution in [1.82, 2.24) is 9.78 Å². The van der Waals surface area contributed by atoms with E-state index >= 15 is 0 Å². The molecule has 0 spiro atoms. The lowest BCUT2D eigenvalue weighted by Crippen LogP contribution is -2.28. The van der Waals surface area contributed by atoms with Crippen LogP contribution in [0.15, 0.2) is 18.2 Å². The van der Waals surface area contributed by atoms with Crippen molar-refractivity contribution in [3.63, 3.8) is 0 Å². The number of aromatic nitrogens is 2. The number of rotatable bonds is 4. The molecule has 3 N–H and O–H groups in total. The van der Waals surface area contributed by atoms with Crippen LogP contribution in [-0.2, 0) is 11.2 Å². The molecule has 1 aromatic heterocycles. The molecule has 0 radical (unpaired) electrons. The van der Waals surface area contributed by atoms with Crippen molar-refractivity contribution in [3.05, 3.63) is 40.7 Å². The van der Waals surface area contributed by atoms with Crippen LogP contribution in [0.25, 0.3) is 5.69 Å². The number of Topliss-reactive ketones (excluding diaryl/α,β-unsaturated/α-hetero) is 1. The molecule has 0 bridgehead atoms. The Balaban J connectivity index is 1.79. The lowest BCUT2D eigenvalue weighted by atomic mass is 9.75. The van der Waals surface area contributed by atoms with E-state index in [-0.39, 0.29) is 17.2 Å². The van der Waals surface area contributed by atoms with Crippen molar-refractivity contribution in [2.24, 2.45) is 11.1 Å². The number of carbonyl (C=O) groups is 2. The normalized spacial score (nSPS) is 20.8. The Morgan fingerprint density at radius 1 is 1.36 bits per heavy atom. The molecule has 2 heterocycles. The third-order valence-electron chi connectivity index (χ3n) is 5.52. The van der Waals surface area contributed by atoms with Gasteiger partial charge in [-0.1, -0.05) is 13.8 Å². The number of aryl methyl sites for hydroxylation is 1. The molecule has 7 nitrogen and oxygen atoms in total. The summed E-state index contributed by atoms with van der Waals surface area (Å²) < 4.78 is 7.26. The summed E-state index contributed by atoms with van der Waals surface area (Å²) in [7, 11) is 0. The zero-order chi connectivity index (χ0) is 20.1. The third-order valence-corrected chi connectivity index (χ3v) is 5.52. The van der Waals surface area contributed by atoms with Crippen LogP contribution in [0.3, 0.4) is 0 Å². The van der Waals surface area contributed by atoms with E-state index in [1.165, 1.54) is 0 Å². The zero-order valence-corrected chi connectivity index (χ0v) is 16.5. The smallest absolute Gasteiger partial charge is 0.250 e.